The lowest BCUT2D eigenvalue weighted by atomic mass is 10.1. The first kappa shape index (κ1) is 15.2. The molecular formula is C15H20N4O2S. The van der Waals surface area contributed by atoms with Crippen LogP contribution in [0.5, 0.6) is 0 Å². The molecule has 0 amide bonds. The summed E-state index contributed by atoms with van der Waals surface area (Å²) >= 11 is 0. The fourth-order valence-corrected chi connectivity index (χ4v) is 4.54. The van der Waals surface area contributed by atoms with Crippen molar-refractivity contribution < 1.29 is 8.42 Å². The fourth-order valence-electron chi connectivity index (χ4n) is 2.91. The molecule has 3 rings (SSSR count). The summed E-state index contributed by atoms with van der Waals surface area (Å²) in [5.74, 6) is 0. The molecule has 0 spiro atoms. The average molecular weight is 320 g/mol. The Kier molecular flexibility index (Phi) is 4.26. The lowest BCUT2D eigenvalue weighted by Gasteiger charge is -2.27. The molecule has 1 aliphatic heterocycles. The zero-order valence-electron chi connectivity index (χ0n) is 12.6. The van der Waals surface area contributed by atoms with Gasteiger partial charge in [-0.15, -0.1) is 0 Å². The molecule has 3 heterocycles. The van der Waals surface area contributed by atoms with Crippen molar-refractivity contribution >= 4 is 10.0 Å². The molecule has 0 aliphatic carbocycles. The molecule has 1 atom stereocenters. The predicted octanol–water partition coefficient (Wildman–Crippen LogP) is 2.12. The molecule has 2 aromatic heterocycles. The van der Waals surface area contributed by atoms with Crippen LogP contribution in [0.1, 0.15) is 37.4 Å². The Morgan fingerprint density at radius 3 is 2.77 bits per heavy atom. The highest BCUT2D eigenvalue weighted by atomic mass is 32.2. The largest absolute Gasteiger partial charge is 0.275 e. The number of pyridine rings is 1. The van der Waals surface area contributed by atoms with Crippen molar-refractivity contribution in [2.24, 2.45) is 7.05 Å². The third kappa shape index (κ3) is 2.91. The van der Waals surface area contributed by atoms with E-state index in [9.17, 15) is 8.42 Å². The van der Waals surface area contributed by atoms with E-state index in [4.69, 9.17) is 0 Å². The Balaban J connectivity index is 2.00. The van der Waals surface area contributed by atoms with E-state index in [1.807, 2.05) is 19.3 Å². The van der Waals surface area contributed by atoms with Gasteiger partial charge in [-0.1, -0.05) is 12.8 Å². The zero-order chi connectivity index (χ0) is 15.6. The van der Waals surface area contributed by atoms with Crippen LogP contribution in [-0.4, -0.2) is 34.0 Å². The van der Waals surface area contributed by atoms with Crippen molar-refractivity contribution in [2.45, 2.75) is 36.6 Å². The van der Waals surface area contributed by atoms with Crippen LogP contribution in [0.3, 0.4) is 0 Å². The van der Waals surface area contributed by atoms with Crippen molar-refractivity contribution in [1.29, 1.82) is 0 Å². The van der Waals surface area contributed by atoms with Gasteiger partial charge in [-0.3, -0.25) is 9.67 Å². The second-order valence-electron chi connectivity index (χ2n) is 5.58. The molecule has 1 saturated heterocycles. The molecule has 1 aliphatic rings. The average Bonchev–Trinajstić information content (AvgIpc) is 2.81. The van der Waals surface area contributed by atoms with Crippen LogP contribution >= 0.6 is 0 Å². The third-order valence-corrected chi connectivity index (χ3v) is 5.91. The molecule has 0 radical (unpaired) electrons. The van der Waals surface area contributed by atoms with E-state index in [0.717, 1.165) is 31.4 Å². The van der Waals surface area contributed by atoms with Crippen molar-refractivity contribution in [3.05, 3.63) is 42.5 Å². The number of aromatic nitrogens is 3. The van der Waals surface area contributed by atoms with E-state index in [2.05, 4.69) is 10.1 Å². The highest BCUT2D eigenvalue weighted by molar-refractivity contribution is 7.89. The minimum atomic E-state index is -3.55. The zero-order valence-corrected chi connectivity index (χ0v) is 13.4. The van der Waals surface area contributed by atoms with Crippen LogP contribution in [0, 0.1) is 0 Å². The van der Waals surface area contributed by atoms with Gasteiger partial charge in [-0.2, -0.15) is 9.40 Å². The maximum atomic E-state index is 13.0. The van der Waals surface area contributed by atoms with Crippen molar-refractivity contribution in [2.75, 3.05) is 6.54 Å². The predicted molar refractivity (Wildman–Crippen MR) is 82.5 cm³/mol. The Morgan fingerprint density at radius 2 is 2.09 bits per heavy atom. The molecule has 0 N–H and O–H groups in total. The number of hydrogen-bond donors (Lipinski definition) is 0. The van der Waals surface area contributed by atoms with Gasteiger partial charge < -0.3 is 0 Å². The SMILES string of the molecule is Cn1ccc(C2CCCCCN2S(=O)(=O)c2cccnc2)n1. The molecule has 2 aromatic rings. The van der Waals surface area contributed by atoms with Crippen molar-refractivity contribution in [3.63, 3.8) is 0 Å². The molecule has 1 fully saturated rings. The summed E-state index contributed by atoms with van der Waals surface area (Å²) in [4.78, 5) is 4.19. The van der Waals surface area contributed by atoms with E-state index in [0.29, 0.717) is 6.54 Å². The molecule has 0 saturated carbocycles. The second kappa shape index (κ2) is 6.18. The molecule has 118 valence electrons. The fraction of sp³-hybridized carbons (Fsp3) is 0.467. The van der Waals surface area contributed by atoms with E-state index in [1.165, 1.54) is 6.20 Å². The number of nitrogens with zero attached hydrogens (tertiary/aromatic N) is 4. The number of aryl methyl sites for hydroxylation is 1. The first-order valence-corrected chi connectivity index (χ1v) is 8.94. The first-order chi connectivity index (χ1) is 10.6. The maximum absolute atomic E-state index is 13.0. The van der Waals surface area contributed by atoms with Gasteiger partial charge in [-0.05, 0) is 31.0 Å². The smallest absolute Gasteiger partial charge is 0.245 e. The molecule has 1 unspecified atom stereocenters. The lowest BCUT2D eigenvalue weighted by Crippen LogP contribution is -2.35. The molecule has 6 nitrogen and oxygen atoms in total. The van der Waals surface area contributed by atoms with Crippen LogP contribution in [0.25, 0.3) is 0 Å². The van der Waals surface area contributed by atoms with Crippen molar-refractivity contribution in [1.82, 2.24) is 19.1 Å². The summed E-state index contributed by atoms with van der Waals surface area (Å²) in [6.07, 6.45) is 8.59. The lowest BCUT2D eigenvalue weighted by molar-refractivity contribution is 0.321. The van der Waals surface area contributed by atoms with Crippen molar-refractivity contribution in [3.8, 4) is 0 Å². The highest BCUT2D eigenvalue weighted by Gasteiger charge is 2.34. The Bertz CT molecular complexity index is 727. The summed E-state index contributed by atoms with van der Waals surface area (Å²) < 4.78 is 29.3. The number of rotatable bonds is 3. The molecule has 7 heteroatoms. The van der Waals surface area contributed by atoms with Crippen LogP contribution in [0.2, 0.25) is 0 Å². The quantitative estimate of drug-likeness (QED) is 0.869. The third-order valence-electron chi connectivity index (χ3n) is 4.02. The monoisotopic (exact) mass is 320 g/mol. The van der Waals surface area contributed by atoms with Gasteiger partial charge in [0.05, 0.1) is 11.7 Å². The van der Waals surface area contributed by atoms with Gasteiger partial charge in [-0.25, -0.2) is 8.42 Å². The van der Waals surface area contributed by atoms with Gasteiger partial charge in [0.25, 0.3) is 0 Å². The Morgan fingerprint density at radius 1 is 1.23 bits per heavy atom. The van der Waals surface area contributed by atoms with Crippen LogP contribution < -0.4 is 0 Å². The van der Waals surface area contributed by atoms with Gasteiger partial charge in [0.15, 0.2) is 0 Å². The minimum absolute atomic E-state index is 0.200. The molecular weight excluding hydrogens is 300 g/mol. The van der Waals surface area contributed by atoms with Gasteiger partial charge in [0.1, 0.15) is 4.90 Å². The Hall–Kier alpha value is -1.73. The van der Waals surface area contributed by atoms with Gasteiger partial charge in [0.2, 0.25) is 10.0 Å². The molecule has 22 heavy (non-hydrogen) atoms. The van der Waals surface area contributed by atoms with E-state index >= 15 is 0 Å². The number of sulfonamides is 1. The van der Waals surface area contributed by atoms with Gasteiger partial charge in [0, 0.05) is 32.2 Å². The molecule has 0 bridgehead atoms. The van der Waals surface area contributed by atoms with E-state index < -0.39 is 10.0 Å². The summed E-state index contributed by atoms with van der Waals surface area (Å²) in [5.41, 5.74) is 0.817. The minimum Gasteiger partial charge on any atom is -0.275 e. The first-order valence-electron chi connectivity index (χ1n) is 7.50. The van der Waals surface area contributed by atoms with Gasteiger partial charge >= 0.3 is 0 Å². The summed E-state index contributed by atoms with van der Waals surface area (Å²) in [5, 5.41) is 4.43. The summed E-state index contributed by atoms with van der Waals surface area (Å²) in [6, 6.07) is 4.96. The topological polar surface area (TPSA) is 68.1 Å². The standard InChI is InChI=1S/C15H20N4O2S/c1-18-11-8-14(17-18)15-7-3-2-4-10-19(15)22(20,21)13-6-5-9-16-12-13/h5-6,8-9,11-12,15H,2-4,7,10H2,1H3. The van der Waals surface area contributed by atoms with E-state index in [-0.39, 0.29) is 10.9 Å². The summed E-state index contributed by atoms with van der Waals surface area (Å²) in [7, 11) is -1.70. The second-order valence-corrected chi connectivity index (χ2v) is 7.47. The van der Waals surface area contributed by atoms with Crippen LogP contribution in [-0.2, 0) is 17.1 Å². The molecule has 0 aromatic carbocycles. The summed E-state index contributed by atoms with van der Waals surface area (Å²) in [6.45, 7) is 0.526. The van der Waals surface area contributed by atoms with Crippen LogP contribution in [0.4, 0.5) is 0 Å². The highest BCUT2D eigenvalue weighted by Crippen LogP contribution is 2.33. The maximum Gasteiger partial charge on any atom is 0.245 e. The van der Waals surface area contributed by atoms with E-state index in [1.54, 1.807) is 27.3 Å². The Labute approximate surface area is 130 Å². The van der Waals surface area contributed by atoms with Crippen LogP contribution in [0.15, 0.2) is 41.7 Å². The normalized spacial score (nSPS) is 20.7. The number of hydrogen-bond acceptors (Lipinski definition) is 4.